The van der Waals surface area contributed by atoms with Crippen molar-refractivity contribution in [3.05, 3.63) is 23.8 Å². The number of hydrogen-bond acceptors (Lipinski definition) is 5. The van der Waals surface area contributed by atoms with Crippen molar-refractivity contribution in [1.82, 2.24) is 4.90 Å². The summed E-state index contributed by atoms with van der Waals surface area (Å²) in [4.78, 5) is 2.52. The van der Waals surface area contributed by atoms with Crippen LogP contribution in [0.1, 0.15) is 24.9 Å². The average molecular weight is 308 g/mol. The summed E-state index contributed by atoms with van der Waals surface area (Å²) < 4.78 is 11.5. The highest BCUT2D eigenvalue weighted by molar-refractivity contribution is 7.99. The van der Waals surface area contributed by atoms with E-state index < -0.39 is 0 Å². The van der Waals surface area contributed by atoms with E-state index in [-0.39, 0.29) is 6.04 Å². The molecule has 2 heterocycles. The van der Waals surface area contributed by atoms with Crippen LogP contribution in [0.25, 0.3) is 0 Å². The highest BCUT2D eigenvalue weighted by Gasteiger charge is 2.27. The maximum atomic E-state index is 6.08. The van der Waals surface area contributed by atoms with Crippen LogP contribution >= 0.6 is 11.8 Å². The molecular weight excluding hydrogens is 284 g/mol. The summed E-state index contributed by atoms with van der Waals surface area (Å²) in [5.74, 6) is 4.09. The van der Waals surface area contributed by atoms with Crippen LogP contribution in [0.5, 0.6) is 11.5 Å². The molecule has 2 aliphatic heterocycles. The van der Waals surface area contributed by atoms with Crippen molar-refractivity contribution in [2.45, 2.75) is 25.4 Å². The van der Waals surface area contributed by atoms with Gasteiger partial charge in [0.15, 0.2) is 11.5 Å². The van der Waals surface area contributed by atoms with Crippen LogP contribution in [-0.2, 0) is 0 Å². The molecule has 0 radical (unpaired) electrons. The molecule has 0 aromatic heterocycles. The second kappa shape index (κ2) is 6.90. The number of hydrogen-bond donors (Lipinski definition) is 1. The Hall–Kier alpha value is -0.910. The first-order valence-electron chi connectivity index (χ1n) is 7.72. The van der Waals surface area contributed by atoms with Crippen LogP contribution in [0, 0.1) is 0 Å². The van der Waals surface area contributed by atoms with Crippen LogP contribution in [0.3, 0.4) is 0 Å². The third-order valence-corrected chi connectivity index (χ3v) is 5.39. The Labute approximate surface area is 131 Å². The minimum Gasteiger partial charge on any atom is -0.490 e. The second-order valence-corrected chi connectivity index (χ2v) is 6.82. The summed E-state index contributed by atoms with van der Waals surface area (Å²) in [7, 11) is 0. The lowest BCUT2D eigenvalue weighted by Gasteiger charge is -2.39. The van der Waals surface area contributed by atoms with Crippen molar-refractivity contribution in [3.8, 4) is 11.5 Å². The summed E-state index contributed by atoms with van der Waals surface area (Å²) in [6.07, 6.45) is 0.935. The van der Waals surface area contributed by atoms with Gasteiger partial charge in [-0.2, -0.15) is 11.8 Å². The first-order chi connectivity index (χ1) is 10.3. The van der Waals surface area contributed by atoms with Crippen molar-refractivity contribution < 1.29 is 9.47 Å². The first kappa shape index (κ1) is 15.0. The molecule has 0 saturated carbocycles. The van der Waals surface area contributed by atoms with E-state index in [0.29, 0.717) is 12.6 Å². The molecule has 2 unspecified atom stereocenters. The van der Waals surface area contributed by atoms with E-state index >= 15 is 0 Å². The summed E-state index contributed by atoms with van der Waals surface area (Å²) in [6, 6.07) is 7.11. The number of rotatable bonds is 3. The van der Waals surface area contributed by atoms with Gasteiger partial charge in [0.05, 0.1) is 13.2 Å². The van der Waals surface area contributed by atoms with Gasteiger partial charge in [-0.05, 0) is 24.6 Å². The molecule has 21 heavy (non-hydrogen) atoms. The van der Waals surface area contributed by atoms with E-state index in [0.717, 1.165) is 37.7 Å². The van der Waals surface area contributed by atoms with Gasteiger partial charge in [0, 0.05) is 43.1 Å². The van der Waals surface area contributed by atoms with Crippen molar-refractivity contribution >= 4 is 11.8 Å². The minimum atomic E-state index is 0.262. The molecule has 1 saturated heterocycles. The third kappa shape index (κ3) is 3.30. The third-order valence-electron chi connectivity index (χ3n) is 4.20. The highest BCUT2D eigenvalue weighted by atomic mass is 32.2. The number of ether oxygens (including phenoxy) is 2. The van der Waals surface area contributed by atoms with E-state index in [2.05, 4.69) is 24.0 Å². The standard InChI is InChI=1S/C16H24N2O2S/c1-12-11-21-8-5-18(12)14(10-17)13-3-4-15-16(9-13)20-7-2-6-19-15/h3-4,9,12,14H,2,5-8,10-11,17H2,1H3. The Kier molecular flexibility index (Phi) is 4.93. The zero-order valence-corrected chi connectivity index (χ0v) is 13.4. The predicted octanol–water partition coefficient (Wildman–Crippen LogP) is 2.29. The first-order valence-corrected chi connectivity index (χ1v) is 8.88. The van der Waals surface area contributed by atoms with Gasteiger partial charge < -0.3 is 15.2 Å². The zero-order chi connectivity index (χ0) is 14.7. The molecule has 0 amide bonds. The number of nitrogens with two attached hydrogens (primary N) is 1. The lowest BCUT2D eigenvalue weighted by Crippen LogP contribution is -2.45. The van der Waals surface area contributed by atoms with E-state index in [4.69, 9.17) is 15.2 Å². The number of benzene rings is 1. The fourth-order valence-corrected chi connectivity index (χ4v) is 4.09. The molecule has 4 nitrogen and oxygen atoms in total. The molecule has 0 aliphatic carbocycles. The van der Waals surface area contributed by atoms with E-state index in [1.807, 2.05) is 17.8 Å². The maximum Gasteiger partial charge on any atom is 0.161 e. The van der Waals surface area contributed by atoms with Gasteiger partial charge in [-0.3, -0.25) is 4.90 Å². The van der Waals surface area contributed by atoms with Crippen molar-refractivity contribution in [2.24, 2.45) is 5.73 Å². The Morgan fingerprint density at radius 3 is 2.90 bits per heavy atom. The summed E-state index contributed by atoms with van der Waals surface area (Å²) in [5.41, 5.74) is 7.32. The number of nitrogens with zero attached hydrogens (tertiary/aromatic N) is 1. The monoisotopic (exact) mass is 308 g/mol. The lowest BCUT2D eigenvalue weighted by molar-refractivity contribution is 0.165. The van der Waals surface area contributed by atoms with Crippen LogP contribution in [0.4, 0.5) is 0 Å². The maximum absolute atomic E-state index is 6.08. The molecule has 2 atom stereocenters. The Morgan fingerprint density at radius 1 is 1.33 bits per heavy atom. The van der Waals surface area contributed by atoms with Crippen LogP contribution in [-0.4, -0.2) is 48.8 Å². The molecule has 1 aromatic rings. The minimum absolute atomic E-state index is 0.262. The van der Waals surface area contributed by atoms with E-state index in [1.165, 1.54) is 17.1 Å². The molecule has 5 heteroatoms. The van der Waals surface area contributed by atoms with Gasteiger partial charge in [0.25, 0.3) is 0 Å². The fourth-order valence-electron chi connectivity index (χ4n) is 3.05. The van der Waals surface area contributed by atoms with Crippen LogP contribution in [0.15, 0.2) is 18.2 Å². The van der Waals surface area contributed by atoms with Gasteiger partial charge in [-0.1, -0.05) is 6.07 Å². The molecule has 116 valence electrons. The van der Waals surface area contributed by atoms with E-state index in [1.54, 1.807) is 0 Å². The Morgan fingerprint density at radius 2 is 2.14 bits per heavy atom. The summed E-state index contributed by atoms with van der Waals surface area (Å²) in [5, 5.41) is 0. The second-order valence-electron chi connectivity index (χ2n) is 5.67. The van der Waals surface area contributed by atoms with E-state index in [9.17, 15) is 0 Å². The average Bonchev–Trinajstić information content (AvgIpc) is 2.75. The van der Waals surface area contributed by atoms with Crippen molar-refractivity contribution in [1.29, 1.82) is 0 Å². The van der Waals surface area contributed by atoms with Crippen LogP contribution < -0.4 is 15.2 Å². The van der Waals surface area contributed by atoms with Crippen molar-refractivity contribution in [2.75, 3.05) is 37.8 Å². The van der Waals surface area contributed by atoms with Gasteiger partial charge >= 0.3 is 0 Å². The molecule has 0 bridgehead atoms. The van der Waals surface area contributed by atoms with Crippen LogP contribution in [0.2, 0.25) is 0 Å². The molecule has 2 aliphatic rings. The Bertz CT molecular complexity index is 483. The normalized spacial score (nSPS) is 24.4. The summed E-state index contributed by atoms with van der Waals surface area (Å²) >= 11 is 2.03. The molecule has 0 spiro atoms. The van der Waals surface area contributed by atoms with Gasteiger partial charge in [0.1, 0.15) is 0 Å². The zero-order valence-electron chi connectivity index (χ0n) is 12.6. The van der Waals surface area contributed by atoms with Gasteiger partial charge in [-0.15, -0.1) is 0 Å². The highest BCUT2D eigenvalue weighted by Crippen LogP contribution is 2.35. The largest absolute Gasteiger partial charge is 0.490 e. The molecule has 3 rings (SSSR count). The van der Waals surface area contributed by atoms with Crippen molar-refractivity contribution in [3.63, 3.8) is 0 Å². The SMILES string of the molecule is CC1CSCCN1C(CN)c1ccc2c(c1)OCCCO2. The fraction of sp³-hybridized carbons (Fsp3) is 0.625. The molecule has 2 N–H and O–H groups in total. The molecule has 1 aromatic carbocycles. The number of thioether (sulfide) groups is 1. The molecular formula is C16H24N2O2S. The smallest absolute Gasteiger partial charge is 0.161 e. The molecule has 1 fully saturated rings. The Balaban J connectivity index is 1.85. The van der Waals surface area contributed by atoms with Gasteiger partial charge in [-0.25, -0.2) is 0 Å². The predicted molar refractivity (Wildman–Crippen MR) is 87.3 cm³/mol. The topological polar surface area (TPSA) is 47.7 Å². The number of fused-ring (bicyclic) bond motifs is 1. The summed E-state index contributed by atoms with van der Waals surface area (Å²) in [6.45, 7) is 5.47. The quantitative estimate of drug-likeness (QED) is 0.928. The van der Waals surface area contributed by atoms with Gasteiger partial charge in [0.2, 0.25) is 0 Å². The lowest BCUT2D eigenvalue weighted by atomic mass is 10.0.